The van der Waals surface area contributed by atoms with Crippen molar-refractivity contribution in [2.24, 2.45) is 0 Å². The van der Waals surface area contributed by atoms with Gasteiger partial charge in [-0.3, -0.25) is 9.69 Å². The Morgan fingerprint density at radius 1 is 1.09 bits per heavy atom. The number of benzene rings is 2. The van der Waals surface area contributed by atoms with Crippen LogP contribution in [0, 0.1) is 0 Å². The molecule has 0 radical (unpaired) electrons. The first-order valence-corrected chi connectivity index (χ1v) is 11.9. The second-order valence-electron chi connectivity index (χ2n) is 8.73. The summed E-state index contributed by atoms with van der Waals surface area (Å²) in [6, 6.07) is 13.8. The molecule has 7 nitrogen and oxygen atoms in total. The van der Waals surface area contributed by atoms with Crippen molar-refractivity contribution in [1.82, 2.24) is 9.80 Å². The zero-order chi connectivity index (χ0) is 24.5. The molecule has 0 aromatic heterocycles. The third-order valence-corrected chi connectivity index (χ3v) is 6.47. The van der Waals surface area contributed by atoms with Gasteiger partial charge in [0.15, 0.2) is 0 Å². The van der Waals surface area contributed by atoms with Crippen LogP contribution in [-0.4, -0.2) is 75.4 Å². The van der Waals surface area contributed by atoms with Crippen molar-refractivity contribution < 1.29 is 23.7 Å². The highest BCUT2D eigenvalue weighted by atomic mass is 16.5. The number of rotatable bonds is 11. The average molecular weight is 471 g/mol. The summed E-state index contributed by atoms with van der Waals surface area (Å²) in [6.45, 7) is 7.81. The van der Waals surface area contributed by atoms with E-state index in [1.54, 1.807) is 21.3 Å². The highest BCUT2D eigenvalue weighted by molar-refractivity contribution is 5.79. The quantitative estimate of drug-likeness (QED) is 0.498. The van der Waals surface area contributed by atoms with Gasteiger partial charge in [0.1, 0.15) is 17.2 Å². The zero-order valence-electron chi connectivity index (χ0n) is 21.1. The summed E-state index contributed by atoms with van der Waals surface area (Å²) >= 11 is 0. The number of ether oxygens (including phenoxy) is 4. The monoisotopic (exact) mass is 470 g/mol. The Morgan fingerprint density at radius 2 is 1.79 bits per heavy atom. The molecule has 186 valence electrons. The first-order chi connectivity index (χ1) is 16.5. The molecule has 1 amide bonds. The fourth-order valence-corrected chi connectivity index (χ4v) is 4.24. The van der Waals surface area contributed by atoms with E-state index in [-0.39, 0.29) is 18.1 Å². The standard InChI is InChI=1S/C27H38N2O5/c1-6-20(2)29(27(30)15-21-7-10-23(31-3)11-8-21)19-25-18-28(13-14-34-25)17-22-9-12-24(32-4)16-26(22)33-5/h7-12,16,20,25H,6,13-15,17-19H2,1-5H3. The van der Waals surface area contributed by atoms with Crippen LogP contribution in [0.3, 0.4) is 0 Å². The third kappa shape index (κ3) is 6.87. The molecule has 2 aromatic rings. The lowest BCUT2D eigenvalue weighted by Crippen LogP contribution is -2.50. The van der Waals surface area contributed by atoms with Gasteiger partial charge in [-0.15, -0.1) is 0 Å². The van der Waals surface area contributed by atoms with E-state index in [1.807, 2.05) is 47.4 Å². The second-order valence-corrected chi connectivity index (χ2v) is 8.73. The fourth-order valence-electron chi connectivity index (χ4n) is 4.24. The summed E-state index contributed by atoms with van der Waals surface area (Å²) in [5.41, 5.74) is 2.09. The molecule has 34 heavy (non-hydrogen) atoms. The number of hydrogen-bond acceptors (Lipinski definition) is 6. The molecule has 2 aromatic carbocycles. The number of carbonyl (C=O) groups is 1. The molecule has 1 heterocycles. The maximum atomic E-state index is 13.3. The van der Waals surface area contributed by atoms with Crippen LogP contribution in [-0.2, 0) is 22.5 Å². The van der Waals surface area contributed by atoms with Crippen molar-refractivity contribution in [2.75, 3.05) is 47.6 Å². The lowest BCUT2D eigenvalue weighted by molar-refractivity contribution is -0.136. The van der Waals surface area contributed by atoms with Gasteiger partial charge in [-0.1, -0.05) is 25.1 Å². The van der Waals surface area contributed by atoms with Crippen LogP contribution in [0.4, 0.5) is 0 Å². The molecule has 0 aliphatic carbocycles. The second kappa shape index (κ2) is 12.6. The van der Waals surface area contributed by atoms with E-state index in [9.17, 15) is 4.79 Å². The number of hydrogen-bond donors (Lipinski definition) is 0. The molecule has 7 heteroatoms. The highest BCUT2D eigenvalue weighted by Crippen LogP contribution is 2.26. The van der Waals surface area contributed by atoms with Crippen LogP contribution < -0.4 is 14.2 Å². The summed E-state index contributed by atoms with van der Waals surface area (Å²) in [5, 5.41) is 0. The summed E-state index contributed by atoms with van der Waals surface area (Å²) in [4.78, 5) is 17.6. The lowest BCUT2D eigenvalue weighted by atomic mass is 10.1. The van der Waals surface area contributed by atoms with Gasteiger partial charge in [-0.05, 0) is 37.1 Å². The topological polar surface area (TPSA) is 60.5 Å². The molecule has 1 aliphatic rings. The minimum atomic E-state index is -0.0354. The number of morpholine rings is 1. The van der Waals surface area contributed by atoms with Crippen molar-refractivity contribution in [1.29, 1.82) is 0 Å². The molecule has 2 unspecified atom stereocenters. The van der Waals surface area contributed by atoms with Crippen LogP contribution in [0.15, 0.2) is 42.5 Å². The molecule has 0 spiro atoms. The van der Waals surface area contributed by atoms with Crippen molar-refractivity contribution in [3.05, 3.63) is 53.6 Å². The fraction of sp³-hybridized carbons (Fsp3) is 0.519. The first-order valence-electron chi connectivity index (χ1n) is 11.9. The van der Waals surface area contributed by atoms with Gasteiger partial charge in [0.2, 0.25) is 5.91 Å². The van der Waals surface area contributed by atoms with E-state index in [0.717, 1.165) is 54.4 Å². The summed E-state index contributed by atoms with van der Waals surface area (Å²) in [5.74, 6) is 2.51. The molecule has 1 saturated heterocycles. The predicted octanol–water partition coefficient (Wildman–Crippen LogP) is 3.78. The van der Waals surface area contributed by atoms with Gasteiger partial charge in [0.25, 0.3) is 0 Å². The minimum absolute atomic E-state index is 0.0354. The van der Waals surface area contributed by atoms with E-state index in [0.29, 0.717) is 19.6 Å². The van der Waals surface area contributed by atoms with E-state index < -0.39 is 0 Å². The van der Waals surface area contributed by atoms with Crippen LogP contribution in [0.2, 0.25) is 0 Å². The Morgan fingerprint density at radius 3 is 2.44 bits per heavy atom. The minimum Gasteiger partial charge on any atom is -0.497 e. The molecule has 0 bridgehead atoms. The Labute approximate surface area is 203 Å². The third-order valence-electron chi connectivity index (χ3n) is 6.47. The molecule has 3 rings (SSSR count). The van der Waals surface area contributed by atoms with Gasteiger partial charge in [0.05, 0.1) is 40.5 Å². The normalized spacial score (nSPS) is 17.1. The maximum Gasteiger partial charge on any atom is 0.227 e. The summed E-state index contributed by atoms with van der Waals surface area (Å²) in [7, 11) is 4.97. The SMILES string of the molecule is CCC(C)N(CC1CN(Cc2ccc(OC)cc2OC)CCO1)C(=O)Cc1ccc(OC)cc1. The highest BCUT2D eigenvalue weighted by Gasteiger charge is 2.28. The summed E-state index contributed by atoms with van der Waals surface area (Å²) < 4.78 is 22.2. The Balaban J connectivity index is 1.64. The van der Waals surface area contributed by atoms with Gasteiger partial charge in [0, 0.05) is 43.9 Å². The largest absolute Gasteiger partial charge is 0.497 e. The number of carbonyl (C=O) groups excluding carboxylic acids is 1. The molecule has 2 atom stereocenters. The van der Waals surface area contributed by atoms with Crippen molar-refractivity contribution >= 4 is 5.91 Å². The number of amides is 1. The average Bonchev–Trinajstić information content (AvgIpc) is 2.87. The van der Waals surface area contributed by atoms with Gasteiger partial charge >= 0.3 is 0 Å². The zero-order valence-corrected chi connectivity index (χ0v) is 21.1. The molecule has 1 aliphatic heterocycles. The van der Waals surface area contributed by atoms with E-state index in [4.69, 9.17) is 18.9 Å². The predicted molar refractivity (Wildman–Crippen MR) is 133 cm³/mol. The van der Waals surface area contributed by atoms with Crippen LogP contribution in [0.1, 0.15) is 31.4 Å². The number of nitrogens with zero attached hydrogens (tertiary/aromatic N) is 2. The molecular weight excluding hydrogens is 432 g/mol. The van der Waals surface area contributed by atoms with Crippen molar-refractivity contribution in [3.63, 3.8) is 0 Å². The van der Waals surface area contributed by atoms with Gasteiger partial charge < -0.3 is 23.8 Å². The van der Waals surface area contributed by atoms with Crippen molar-refractivity contribution in [3.8, 4) is 17.2 Å². The lowest BCUT2D eigenvalue weighted by Gasteiger charge is -2.38. The smallest absolute Gasteiger partial charge is 0.227 e. The van der Waals surface area contributed by atoms with E-state index in [1.165, 1.54) is 0 Å². The number of methoxy groups -OCH3 is 3. The Hall–Kier alpha value is -2.77. The Kier molecular flexibility index (Phi) is 9.60. The molecule has 0 N–H and O–H groups in total. The summed E-state index contributed by atoms with van der Waals surface area (Å²) in [6.07, 6.45) is 1.23. The van der Waals surface area contributed by atoms with Crippen molar-refractivity contribution in [2.45, 2.75) is 45.4 Å². The molecule has 0 saturated carbocycles. The maximum absolute atomic E-state index is 13.3. The van der Waals surface area contributed by atoms with Crippen LogP contribution in [0.5, 0.6) is 17.2 Å². The first kappa shape index (κ1) is 25.8. The van der Waals surface area contributed by atoms with E-state index >= 15 is 0 Å². The van der Waals surface area contributed by atoms with Gasteiger partial charge in [-0.25, -0.2) is 0 Å². The van der Waals surface area contributed by atoms with E-state index in [2.05, 4.69) is 18.7 Å². The van der Waals surface area contributed by atoms with Gasteiger partial charge in [-0.2, -0.15) is 0 Å². The molecular formula is C27H38N2O5. The Bertz CT molecular complexity index is 918. The van der Waals surface area contributed by atoms with Crippen LogP contribution >= 0.6 is 0 Å². The molecule has 1 fully saturated rings. The van der Waals surface area contributed by atoms with Crippen LogP contribution in [0.25, 0.3) is 0 Å².